The molecule has 2 atom stereocenters. The van der Waals surface area contributed by atoms with Crippen molar-refractivity contribution in [1.82, 2.24) is 4.90 Å². The Morgan fingerprint density at radius 1 is 1.42 bits per heavy atom. The third-order valence-electron chi connectivity index (χ3n) is 3.24. The normalized spacial score (nSPS) is 21.0. The molecule has 1 aliphatic carbocycles. The molecular weight excluding hydrogens is 289 g/mol. The third-order valence-corrected chi connectivity index (χ3v) is 4.07. The van der Waals surface area contributed by atoms with Crippen LogP contribution in [0.1, 0.15) is 17.9 Å². The van der Waals surface area contributed by atoms with E-state index < -0.39 is 5.97 Å². The SMILES string of the molecule is CN(CC(=O)O)C(=O)C1CC1c1cccc(Cl)c1Cl. The fraction of sp³-hybridized carbons (Fsp3) is 0.385. The van der Waals surface area contributed by atoms with Crippen LogP contribution in [0.25, 0.3) is 0 Å². The smallest absolute Gasteiger partial charge is 0.323 e. The van der Waals surface area contributed by atoms with Crippen molar-refractivity contribution in [3.63, 3.8) is 0 Å². The zero-order valence-corrected chi connectivity index (χ0v) is 11.8. The molecule has 0 heterocycles. The molecule has 1 aliphatic rings. The molecule has 6 heteroatoms. The van der Waals surface area contributed by atoms with Crippen LogP contribution in [0.5, 0.6) is 0 Å². The minimum absolute atomic E-state index is 0.0370. The van der Waals surface area contributed by atoms with Crippen molar-refractivity contribution in [2.45, 2.75) is 12.3 Å². The first-order valence-electron chi connectivity index (χ1n) is 5.82. The lowest BCUT2D eigenvalue weighted by Crippen LogP contribution is -2.33. The predicted octanol–water partition coefficient (Wildman–Crippen LogP) is 2.64. The van der Waals surface area contributed by atoms with Crippen LogP contribution in [0.15, 0.2) is 18.2 Å². The first-order chi connectivity index (χ1) is 8.91. The van der Waals surface area contributed by atoms with E-state index in [1.807, 2.05) is 6.07 Å². The molecule has 1 N–H and O–H groups in total. The van der Waals surface area contributed by atoms with Gasteiger partial charge in [-0.1, -0.05) is 35.3 Å². The van der Waals surface area contributed by atoms with Gasteiger partial charge in [0.2, 0.25) is 5.91 Å². The molecule has 1 saturated carbocycles. The maximum Gasteiger partial charge on any atom is 0.323 e. The maximum absolute atomic E-state index is 12.0. The molecule has 19 heavy (non-hydrogen) atoms. The minimum atomic E-state index is -1.02. The number of likely N-dealkylation sites (N-methyl/N-ethyl adjacent to an activating group) is 1. The highest BCUT2D eigenvalue weighted by molar-refractivity contribution is 6.42. The number of rotatable bonds is 4. The molecule has 0 aromatic heterocycles. The lowest BCUT2D eigenvalue weighted by molar-refractivity contribution is -0.144. The summed E-state index contributed by atoms with van der Waals surface area (Å²) in [6.45, 7) is -0.286. The summed E-state index contributed by atoms with van der Waals surface area (Å²) in [7, 11) is 1.49. The van der Waals surface area contributed by atoms with Gasteiger partial charge in [0.1, 0.15) is 6.54 Å². The van der Waals surface area contributed by atoms with Gasteiger partial charge in [-0.25, -0.2) is 0 Å². The molecular formula is C13H13Cl2NO3. The lowest BCUT2D eigenvalue weighted by Gasteiger charge is -2.14. The first-order valence-corrected chi connectivity index (χ1v) is 6.58. The van der Waals surface area contributed by atoms with Crippen molar-refractivity contribution in [1.29, 1.82) is 0 Å². The zero-order chi connectivity index (χ0) is 14.2. The molecule has 1 aromatic rings. The summed E-state index contributed by atoms with van der Waals surface area (Å²) < 4.78 is 0. The number of nitrogens with zero attached hydrogens (tertiary/aromatic N) is 1. The van der Waals surface area contributed by atoms with E-state index in [4.69, 9.17) is 28.3 Å². The molecule has 4 nitrogen and oxygen atoms in total. The molecule has 2 rings (SSSR count). The van der Waals surface area contributed by atoms with Crippen LogP contribution in [-0.2, 0) is 9.59 Å². The number of carboxylic acids is 1. The molecule has 0 saturated heterocycles. The molecule has 1 fully saturated rings. The molecule has 0 aliphatic heterocycles. The molecule has 2 unspecified atom stereocenters. The minimum Gasteiger partial charge on any atom is -0.480 e. The number of carboxylic acid groups (broad SMARTS) is 1. The van der Waals surface area contributed by atoms with Crippen molar-refractivity contribution >= 4 is 35.1 Å². The number of aliphatic carboxylic acids is 1. The van der Waals surface area contributed by atoms with Crippen LogP contribution < -0.4 is 0 Å². The highest BCUT2D eigenvalue weighted by atomic mass is 35.5. The molecule has 0 bridgehead atoms. The second kappa shape index (κ2) is 5.39. The van der Waals surface area contributed by atoms with E-state index in [0.717, 1.165) is 5.56 Å². The molecule has 102 valence electrons. The summed E-state index contributed by atoms with van der Waals surface area (Å²) in [5.74, 6) is -1.34. The van der Waals surface area contributed by atoms with Gasteiger partial charge >= 0.3 is 5.97 Å². The highest BCUT2D eigenvalue weighted by Gasteiger charge is 2.46. The summed E-state index contributed by atoms with van der Waals surface area (Å²) in [6.07, 6.45) is 0.683. The first kappa shape index (κ1) is 14.2. The van der Waals surface area contributed by atoms with Crippen LogP contribution in [0.2, 0.25) is 10.0 Å². The maximum atomic E-state index is 12.0. The standard InChI is InChI=1S/C13H13Cl2NO3/c1-16(6-11(17)18)13(19)9-5-8(9)7-3-2-4-10(14)12(7)15/h2-4,8-9H,5-6H2,1H3,(H,17,18). The molecule has 1 aromatic carbocycles. The second-order valence-electron chi connectivity index (χ2n) is 4.68. The summed E-state index contributed by atoms with van der Waals surface area (Å²) >= 11 is 12.1. The number of carbonyl (C=O) groups excluding carboxylic acids is 1. The lowest BCUT2D eigenvalue weighted by atomic mass is 10.1. The number of benzene rings is 1. The van der Waals surface area contributed by atoms with Gasteiger partial charge in [-0.15, -0.1) is 0 Å². The number of carbonyl (C=O) groups is 2. The van der Waals surface area contributed by atoms with Crippen molar-refractivity contribution in [2.24, 2.45) is 5.92 Å². The number of amides is 1. The highest BCUT2D eigenvalue weighted by Crippen LogP contribution is 2.51. The number of halogens is 2. The zero-order valence-electron chi connectivity index (χ0n) is 10.3. The fourth-order valence-corrected chi connectivity index (χ4v) is 2.63. The Kier molecular flexibility index (Phi) is 4.02. The van der Waals surface area contributed by atoms with E-state index >= 15 is 0 Å². The Morgan fingerprint density at radius 3 is 2.74 bits per heavy atom. The molecule has 0 spiro atoms. The monoisotopic (exact) mass is 301 g/mol. The van der Waals surface area contributed by atoms with E-state index in [2.05, 4.69) is 0 Å². The van der Waals surface area contributed by atoms with Crippen molar-refractivity contribution in [2.75, 3.05) is 13.6 Å². The number of hydrogen-bond donors (Lipinski definition) is 1. The summed E-state index contributed by atoms with van der Waals surface area (Å²) in [5, 5.41) is 9.61. The van der Waals surface area contributed by atoms with Gasteiger partial charge in [0.05, 0.1) is 10.0 Å². The van der Waals surface area contributed by atoms with Gasteiger partial charge in [-0.2, -0.15) is 0 Å². The van der Waals surface area contributed by atoms with Gasteiger partial charge < -0.3 is 10.0 Å². The average molecular weight is 302 g/mol. The van der Waals surface area contributed by atoms with E-state index in [1.54, 1.807) is 12.1 Å². The Labute approximate surface area is 120 Å². The van der Waals surface area contributed by atoms with Gasteiger partial charge in [-0.05, 0) is 24.0 Å². The van der Waals surface area contributed by atoms with Gasteiger partial charge in [0, 0.05) is 13.0 Å². The van der Waals surface area contributed by atoms with Crippen molar-refractivity contribution in [3.8, 4) is 0 Å². The van der Waals surface area contributed by atoms with Crippen LogP contribution in [0, 0.1) is 5.92 Å². The van der Waals surface area contributed by atoms with Crippen LogP contribution in [-0.4, -0.2) is 35.5 Å². The Balaban J connectivity index is 2.06. The molecule has 0 radical (unpaired) electrons. The summed E-state index contributed by atoms with van der Waals surface area (Å²) in [5.41, 5.74) is 0.858. The van der Waals surface area contributed by atoms with E-state index in [9.17, 15) is 9.59 Å². The average Bonchev–Trinajstić information content (AvgIpc) is 3.10. The quantitative estimate of drug-likeness (QED) is 0.930. The second-order valence-corrected chi connectivity index (χ2v) is 5.46. The van der Waals surface area contributed by atoms with Gasteiger partial charge in [0.15, 0.2) is 0 Å². The van der Waals surface area contributed by atoms with E-state index in [-0.39, 0.29) is 24.3 Å². The van der Waals surface area contributed by atoms with Crippen LogP contribution >= 0.6 is 23.2 Å². The predicted molar refractivity (Wildman–Crippen MR) is 72.6 cm³/mol. The number of hydrogen-bond acceptors (Lipinski definition) is 2. The van der Waals surface area contributed by atoms with Gasteiger partial charge in [-0.3, -0.25) is 9.59 Å². The Hall–Kier alpha value is -1.26. The van der Waals surface area contributed by atoms with E-state index in [0.29, 0.717) is 16.5 Å². The summed E-state index contributed by atoms with van der Waals surface area (Å²) in [4.78, 5) is 23.8. The van der Waals surface area contributed by atoms with Crippen LogP contribution in [0.4, 0.5) is 0 Å². The van der Waals surface area contributed by atoms with E-state index in [1.165, 1.54) is 11.9 Å². The summed E-state index contributed by atoms with van der Waals surface area (Å²) in [6, 6.07) is 5.34. The van der Waals surface area contributed by atoms with Crippen molar-refractivity contribution < 1.29 is 14.7 Å². The van der Waals surface area contributed by atoms with Crippen molar-refractivity contribution in [3.05, 3.63) is 33.8 Å². The third kappa shape index (κ3) is 3.01. The van der Waals surface area contributed by atoms with Gasteiger partial charge in [0.25, 0.3) is 0 Å². The molecule has 1 amide bonds. The van der Waals surface area contributed by atoms with Crippen LogP contribution in [0.3, 0.4) is 0 Å². The topological polar surface area (TPSA) is 57.6 Å². The fourth-order valence-electron chi connectivity index (χ4n) is 2.18. The Bertz CT molecular complexity index is 533. The Morgan fingerprint density at radius 2 is 2.11 bits per heavy atom. The largest absolute Gasteiger partial charge is 0.480 e.